The van der Waals surface area contributed by atoms with Crippen LogP contribution in [-0.4, -0.2) is 40.4 Å². The van der Waals surface area contributed by atoms with E-state index >= 15 is 0 Å². The Morgan fingerprint density at radius 3 is 2.25 bits per heavy atom. The second kappa shape index (κ2) is 3.13. The largest absolute Gasteiger partial charge is 0.444 e. The van der Waals surface area contributed by atoms with E-state index in [-0.39, 0.29) is 11.5 Å². The molecular formula is C12H21NO3. The summed E-state index contributed by atoms with van der Waals surface area (Å²) in [5, 5.41) is 10.3. The second-order valence-corrected chi connectivity index (χ2v) is 6.39. The molecule has 2 aliphatic rings. The lowest BCUT2D eigenvalue weighted by molar-refractivity contribution is 0.00917. The van der Waals surface area contributed by atoms with Gasteiger partial charge in [0.05, 0.1) is 12.1 Å². The minimum absolute atomic E-state index is 0.0517. The standard InChI is InChI=1S/C12H21NO3/c1-10(2,3)16-9(14)13-7-11(4,15)12(8-13)5-6-12/h15H,5-8H2,1-4H3. The van der Waals surface area contributed by atoms with Gasteiger partial charge in [0.25, 0.3) is 0 Å². The number of ether oxygens (including phenoxy) is 1. The fourth-order valence-corrected chi connectivity index (χ4v) is 2.43. The van der Waals surface area contributed by atoms with Gasteiger partial charge in [-0.2, -0.15) is 0 Å². The SMILES string of the molecule is CC(C)(C)OC(=O)N1CC(C)(O)C2(CC2)C1. The number of aliphatic hydroxyl groups is 1. The fraction of sp³-hybridized carbons (Fsp3) is 0.917. The van der Waals surface area contributed by atoms with E-state index in [1.807, 2.05) is 27.7 Å². The molecule has 0 aromatic rings. The molecule has 4 nitrogen and oxygen atoms in total. The maximum absolute atomic E-state index is 11.9. The molecule has 0 radical (unpaired) electrons. The summed E-state index contributed by atoms with van der Waals surface area (Å²) in [4.78, 5) is 13.5. The van der Waals surface area contributed by atoms with Crippen molar-refractivity contribution in [1.82, 2.24) is 4.90 Å². The number of amides is 1. The summed E-state index contributed by atoms with van der Waals surface area (Å²) in [6.07, 6.45) is 1.72. The predicted molar refractivity (Wildman–Crippen MR) is 60.1 cm³/mol. The monoisotopic (exact) mass is 227 g/mol. The van der Waals surface area contributed by atoms with Gasteiger partial charge in [-0.3, -0.25) is 0 Å². The summed E-state index contributed by atoms with van der Waals surface area (Å²) >= 11 is 0. The molecule has 1 saturated heterocycles. The third-order valence-corrected chi connectivity index (χ3v) is 3.64. The van der Waals surface area contributed by atoms with Crippen LogP contribution in [0.1, 0.15) is 40.5 Å². The first-order valence-electron chi connectivity index (χ1n) is 5.86. The molecule has 1 heterocycles. The van der Waals surface area contributed by atoms with Crippen LogP contribution in [0.25, 0.3) is 0 Å². The zero-order valence-corrected chi connectivity index (χ0v) is 10.5. The van der Waals surface area contributed by atoms with Gasteiger partial charge < -0.3 is 14.7 Å². The van der Waals surface area contributed by atoms with Crippen molar-refractivity contribution in [2.75, 3.05) is 13.1 Å². The number of hydrogen-bond acceptors (Lipinski definition) is 3. The maximum Gasteiger partial charge on any atom is 0.410 e. The van der Waals surface area contributed by atoms with E-state index in [1.165, 1.54) is 0 Å². The van der Waals surface area contributed by atoms with Crippen LogP contribution in [-0.2, 0) is 4.74 Å². The highest BCUT2D eigenvalue weighted by molar-refractivity contribution is 5.69. The Hall–Kier alpha value is -0.770. The zero-order valence-electron chi connectivity index (χ0n) is 10.5. The highest BCUT2D eigenvalue weighted by Gasteiger charge is 2.62. The minimum Gasteiger partial charge on any atom is -0.444 e. The van der Waals surface area contributed by atoms with E-state index in [2.05, 4.69) is 0 Å². The van der Waals surface area contributed by atoms with Crippen LogP contribution in [0.3, 0.4) is 0 Å². The quantitative estimate of drug-likeness (QED) is 0.686. The summed E-state index contributed by atoms with van der Waals surface area (Å²) < 4.78 is 5.31. The van der Waals surface area contributed by atoms with E-state index in [0.29, 0.717) is 13.1 Å². The molecule has 4 heteroatoms. The van der Waals surface area contributed by atoms with Crippen molar-refractivity contribution < 1.29 is 14.6 Å². The first-order chi connectivity index (χ1) is 7.15. The van der Waals surface area contributed by atoms with E-state index in [4.69, 9.17) is 4.74 Å². The molecule has 1 amide bonds. The fourth-order valence-electron chi connectivity index (χ4n) is 2.43. The molecule has 2 rings (SSSR count). The summed E-state index contributed by atoms with van der Waals surface area (Å²) in [6.45, 7) is 8.41. The average Bonchev–Trinajstić information content (AvgIpc) is 2.75. The van der Waals surface area contributed by atoms with Gasteiger partial charge in [-0.15, -0.1) is 0 Å². The lowest BCUT2D eigenvalue weighted by Gasteiger charge is -2.25. The van der Waals surface area contributed by atoms with Gasteiger partial charge in [-0.05, 0) is 40.5 Å². The third-order valence-electron chi connectivity index (χ3n) is 3.64. The molecule has 0 aromatic carbocycles. The number of nitrogens with zero attached hydrogens (tertiary/aromatic N) is 1. The Kier molecular flexibility index (Phi) is 2.29. The van der Waals surface area contributed by atoms with Gasteiger partial charge in [-0.25, -0.2) is 4.79 Å². The Labute approximate surface area is 96.6 Å². The molecular weight excluding hydrogens is 206 g/mol. The summed E-state index contributed by atoms with van der Waals surface area (Å²) in [6, 6.07) is 0. The molecule has 1 aliphatic heterocycles. The van der Waals surface area contributed by atoms with Crippen LogP contribution in [0.2, 0.25) is 0 Å². The maximum atomic E-state index is 11.9. The molecule has 1 spiro atoms. The van der Waals surface area contributed by atoms with Gasteiger partial charge in [-0.1, -0.05) is 0 Å². The van der Waals surface area contributed by atoms with E-state index in [9.17, 15) is 9.90 Å². The lowest BCUT2D eigenvalue weighted by Crippen LogP contribution is -2.38. The Bertz CT molecular complexity index is 307. The molecule has 92 valence electrons. The molecule has 1 unspecified atom stereocenters. The molecule has 16 heavy (non-hydrogen) atoms. The van der Waals surface area contributed by atoms with Gasteiger partial charge >= 0.3 is 6.09 Å². The van der Waals surface area contributed by atoms with Crippen molar-refractivity contribution in [2.24, 2.45) is 5.41 Å². The summed E-state index contributed by atoms with van der Waals surface area (Å²) in [5.41, 5.74) is -1.27. The van der Waals surface area contributed by atoms with Crippen LogP contribution >= 0.6 is 0 Å². The first kappa shape index (κ1) is 11.7. The highest BCUT2D eigenvalue weighted by Crippen LogP contribution is 2.58. The number of carbonyl (C=O) groups is 1. The number of carbonyl (C=O) groups excluding carboxylic acids is 1. The third kappa shape index (κ3) is 1.90. The highest BCUT2D eigenvalue weighted by atomic mass is 16.6. The van der Waals surface area contributed by atoms with Crippen LogP contribution < -0.4 is 0 Å². The van der Waals surface area contributed by atoms with Crippen molar-refractivity contribution in [2.45, 2.75) is 51.7 Å². The average molecular weight is 227 g/mol. The number of β-amino-alcohol motifs (C(OH)–C–C–N with tert-alkyl or cyclic N) is 1. The van der Waals surface area contributed by atoms with Crippen molar-refractivity contribution in [3.05, 3.63) is 0 Å². The van der Waals surface area contributed by atoms with Gasteiger partial charge in [0.2, 0.25) is 0 Å². The van der Waals surface area contributed by atoms with Gasteiger partial charge in [0.15, 0.2) is 0 Å². The van der Waals surface area contributed by atoms with Gasteiger partial charge in [0, 0.05) is 12.0 Å². The predicted octanol–water partition coefficient (Wildman–Crippen LogP) is 1.77. The summed E-state index contributed by atoms with van der Waals surface area (Å²) in [5.74, 6) is 0. The van der Waals surface area contributed by atoms with Crippen LogP contribution in [0.15, 0.2) is 0 Å². The van der Waals surface area contributed by atoms with E-state index in [0.717, 1.165) is 12.8 Å². The number of likely N-dealkylation sites (tertiary alicyclic amines) is 1. The molecule has 0 aromatic heterocycles. The van der Waals surface area contributed by atoms with Crippen molar-refractivity contribution in [3.8, 4) is 0 Å². The first-order valence-corrected chi connectivity index (χ1v) is 5.86. The normalized spacial score (nSPS) is 31.9. The molecule has 1 saturated carbocycles. The number of rotatable bonds is 0. The molecule has 0 bridgehead atoms. The van der Waals surface area contributed by atoms with Crippen molar-refractivity contribution in [3.63, 3.8) is 0 Å². The van der Waals surface area contributed by atoms with Crippen molar-refractivity contribution in [1.29, 1.82) is 0 Å². The zero-order chi connectivity index (χ0) is 12.2. The number of hydrogen-bond donors (Lipinski definition) is 1. The van der Waals surface area contributed by atoms with Crippen LogP contribution in [0.4, 0.5) is 4.79 Å². The van der Waals surface area contributed by atoms with Gasteiger partial charge in [0.1, 0.15) is 5.60 Å². The van der Waals surface area contributed by atoms with Crippen LogP contribution in [0.5, 0.6) is 0 Å². The van der Waals surface area contributed by atoms with E-state index in [1.54, 1.807) is 4.90 Å². The lowest BCUT2D eigenvalue weighted by atomic mass is 9.90. The second-order valence-electron chi connectivity index (χ2n) is 6.39. The van der Waals surface area contributed by atoms with E-state index < -0.39 is 11.2 Å². The Morgan fingerprint density at radius 1 is 1.31 bits per heavy atom. The Morgan fingerprint density at radius 2 is 1.88 bits per heavy atom. The molecule has 1 atom stereocenters. The molecule has 1 N–H and O–H groups in total. The van der Waals surface area contributed by atoms with Crippen molar-refractivity contribution >= 4 is 6.09 Å². The Balaban J connectivity index is 2.01. The molecule has 2 fully saturated rings. The summed E-state index contributed by atoms with van der Waals surface area (Å²) in [7, 11) is 0. The topological polar surface area (TPSA) is 49.8 Å². The molecule has 1 aliphatic carbocycles. The van der Waals surface area contributed by atoms with Crippen LogP contribution in [0, 0.1) is 5.41 Å². The smallest absolute Gasteiger partial charge is 0.410 e. The minimum atomic E-state index is -0.746.